The van der Waals surface area contributed by atoms with Crippen molar-refractivity contribution in [2.45, 2.75) is 31.7 Å². The monoisotopic (exact) mass is 268 g/mol. The van der Waals surface area contributed by atoms with Crippen LogP contribution in [-0.4, -0.2) is 20.4 Å². The van der Waals surface area contributed by atoms with E-state index >= 15 is 0 Å². The third kappa shape index (κ3) is 1.70. The van der Waals surface area contributed by atoms with Crippen molar-refractivity contribution in [2.75, 3.05) is 5.75 Å². The summed E-state index contributed by atoms with van der Waals surface area (Å²) in [5.41, 5.74) is 1.82. The van der Waals surface area contributed by atoms with Crippen LogP contribution in [0.5, 0.6) is 0 Å². The molecule has 2 aliphatic rings. The second kappa shape index (κ2) is 4.10. The van der Waals surface area contributed by atoms with E-state index < -0.39 is 0 Å². The lowest BCUT2D eigenvalue weighted by atomic mass is 10.2. The van der Waals surface area contributed by atoms with Crippen molar-refractivity contribution in [1.82, 2.24) is 9.55 Å². The highest BCUT2D eigenvalue weighted by Gasteiger charge is 2.31. The van der Waals surface area contributed by atoms with Gasteiger partial charge in [-0.05, 0) is 25.7 Å². The molecule has 90 valence electrons. The molecule has 1 aromatic heterocycles. The Labute approximate surface area is 107 Å². The molecule has 0 bridgehead atoms. The number of thioether (sulfide) groups is 1. The van der Waals surface area contributed by atoms with Gasteiger partial charge in [0.25, 0.3) is 0 Å². The zero-order valence-electron chi connectivity index (χ0n) is 9.19. The number of carbonyl (C=O) groups excluding carboxylic acids is 1. The van der Waals surface area contributed by atoms with Gasteiger partial charge in [-0.15, -0.1) is 0 Å². The third-order valence-corrected chi connectivity index (χ3v) is 4.76. The summed E-state index contributed by atoms with van der Waals surface area (Å²) in [6.07, 6.45) is 3.54. The number of aromatic nitrogens is 2. The summed E-state index contributed by atoms with van der Waals surface area (Å²) in [6.45, 7) is 0. The molecule has 4 nitrogen and oxygen atoms in total. The largest absolute Gasteiger partial charge is 0.327 e. The third-order valence-electron chi connectivity index (χ3n) is 3.41. The molecule has 0 aromatic carbocycles. The van der Waals surface area contributed by atoms with Crippen LogP contribution in [-0.2, 0) is 17.6 Å². The zero-order valence-corrected chi connectivity index (χ0v) is 10.8. The van der Waals surface area contributed by atoms with Crippen LogP contribution in [0, 0.1) is 4.64 Å². The summed E-state index contributed by atoms with van der Waals surface area (Å²) < 4.78 is 2.21. The van der Waals surface area contributed by atoms with Crippen LogP contribution in [0.15, 0.2) is 4.79 Å². The molecule has 3 rings (SSSR count). The Kier molecular flexibility index (Phi) is 2.71. The summed E-state index contributed by atoms with van der Waals surface area (Å²) in [5.74, 6) is 0.806. The van der Waals surface area contributed by atoms with Crippen LogP contribution >= 0.6 is 24.0 Å². The molecule has 17 heavy (non-hydrogen) atoms. The lowest BCUT2D eigenvalue weighted by molar-refractivity contribution is -0.113. The van der Waals surface area contributed by atoms with E-state index in [9.17, 15) is 9.59 Å². The second-order valence-electron chi connectivity index (χ2n) is 4.38. The van der Waals surface area contributed by atoms with Crippen molar-refractivity contribution in [3.05, 3.63) is 26.4 Å². The Morgan fingerprint density at radius 2 is 2.18 bits per heavy atom. The van der Waals surface area contributed by atoms with Crippen LogP contribution in [0.3, 0.4) is 0 Å². The lowest BCUT2D eigenvalue weighted by Crippen LogP contribution is -2.32. The molecule has 1 aromatic rings. The molecule has 6 heteroatoms. The van der Waals surface area contributed by atoms with Gasteiger partial charge in [-0.3, -0.25) is 14.3 Å². The number of carbonyl (C=O) groups is 1. The standard InChI is InChI=1S/C11H12N2O2S2/c14-10-8(4-5-17-10)13-7-3-1-2-6(7)9(16)12-11(13)15/h8H,1-5H2,(H,12,15,16)/t8-/m0/s1. The van der Waals surface area contributed by atoms with Crippen molar-refractivity contribution in [3.63, 3.8) is 0 Å². The van der Waals surface area contributed by atoms with Crippen LogP contribution in [0.2, 0.25) is 0 Å². The van der Waals surface area contributed by atoms with E-state index in [0.29, 0.717) is 4.64 Å². The van der Waals surface area contributed by atoms with Crippen molar-refractivity contribution < 1.29 is 4.79 Å². The molecular formula is C11H12N2O2S2. The van der Waals surface area contributed by atoms with Crippen molar-refractivity contribution in [3.8, 4) is 0 Å². The predicted molar refractivity (Wildman–Crippen MR) is 69.0 cm³/mol. The minimum atomic E-state index is -0.286. The zero-order chi connectivity index (χ0) is 12.0. The van der Waals surface area contributed by atoms with Gasteiger partial charge in [0.2, 0.25) is 5.12 Å². The summed E-state index contributed by atoms with van der Waals surface area (Å²) in [7, 11) is 0. The molecule has 1 fully saturated rings. The van der Waals surface area contributed by atoms with Crippen LogP contribution in [0.1, 0.15) is 30.1 Å². The van der Waals surface area contributed by atoms with E-state index in [1.54, 1.807) is 4.57 Å². The van der Waals surface area contributed by atoms with E-state index in [0.717, 1.165) is 42.7 Å². The number of H-pyrrole nitrogens is 1. The fourth-order valence-corrected chi connectivity index (χ4v) is 3.91. The number of nitrogens with zero attached hydrogens (tertiary/aromatic N) is 1. The molecule has 1 aliphatic carbocycles. The molecule has 0 unspecified atom stereocenters. The molecule has 1 atom stereocenters. The van der Waals surface area contributed by atoms with Crippen molar-refractivity contribution in [2.24, 2.45) is 0 Å². The maximum absolute atomic E-state index is 12.0. The first-order valence-electron chi connectivity index (χ1n) is 5.71. The van der Waals surface area contributed by atoms with Gasteiger partial charge in [0.15, 0.2) is 0 Å². The Morgan fingerprint density at radius 1 is 1.35 bits per heavy atom. The fraction of sp³-hybridized carbons (Fsp3) is 0.545. The number of rotatable bonds is 1. The second-order valence-corrected chi connectivity index (χ2v) is 5.89. The number of hydrogen-bond acceptors (Lipinski definition) is 4. The van der Waals surface area contributed by atoms with E-state index in [-0.39, 0.29) is 16.8 Å². The van der Waals surface area contributed by atoms with Gasteiger partial charge >= 0.3 is 5.69 Å². The van der Waals surface area contributed by atoms with Crippen molar-refractivity contribution in [1.29, 1.82) is 0 Å². The SMILES string of the molecule is O=C1SCC[C@@H]1n1c2c(c(=S)[nH]c1=O)CCC2. The Bertz CT molecular complexity index is 602. The van der Waals surface area contributed by atoms with E-state index in [4.69, 9.17) is 12.2 Å². The molecular weight excluding hydrogens is 256 g/mol. The average Bonchev–Trinajstić information content (AvgIpc) is 2.88. The first-order chi connectivity index (χ1) is 8.18. The highest BCUT2D eigenvalue weighted by atomic mass is 32.2. The molecule has 0 amide bonds. The number of nitrogens with one attached hydrogen (secondary N) is 1. The molecule has 1 N–H and O–H groups in total. The number of aromatic amines is 1. The van der Waals surface area contributed by atoms with Crippen LogP contribution in [0.4, 0.5) is 0 Å². The molecule has 1 saturated heterocycles. The Hall–Kier alpha value is -0.880. The molecule has 1 aliphatic heterocycles. The van der Waals surface area contributed by atoms with Crippen LogP contribution < -0.4 is 5.69 Å². The van der Waals surface area contributed by atoms with E-state index in [1.165, 1.54) is 11.8 Å². The minimum Gasteiger partial charge on any atom is -0.298 e. The van der Waals surface area contributed by atoms with Crippen LogP contribution in [0.25, 0.3) is 0 Å². The number of fused-ring (bicyclic) bond motifs is 1. The first-order valence-corrected chi connectivity index (χ1v) is 7.11. The van der Waals surface area contributed by atoms with Gasteiger partial charge in [0.1, 0.15) is 10.7 Å². The summed E-state index contributed by atoms with van der Waals surface area (Å²) in [4.78, 5) is 26.5. The van der Waals surface area contributed by atoms with Gasteiger partial charge in [0.05, 0.1) is 0 Å². The number of hydrogen-bond donors (Lipinski definition) is 1. The fourth-order valence-electron chi connectivity index (χ4n) is 2.64. The van der Waals surface area contributed by atoms with Gasteiger partial charge < -0.3 is 0 Å². The molecule has 0 saturated carbocycles. The van der Waals surface area contributed by atoms with Crippen molar-refractivity contribution >= 4 is 29.1 Å². The smallest absolute Gasteiger partial charge is 0.298 e. The maximum atomic E-state index is 12.0. The summed E-state index contributed by atoms with van der Waals surface area (Å²) in [5, 5.41) is 0.103. The van der Waals surface area contributed by atoms with Gasteiger partial charge in [0, 0.05) is 17.0 Å². The lowest BCUT2D eigenvalue weighted by Gasteiger charge is -2.16. The normalized spacial score (nSPS) is 23.1. The molecule has 0 radical (unpaired) electrons. The van der Waals surface area contributed by atoms with Gasteiger partial charge in [-0.1, -0.05) is 24.0 Å². The van der Waals surface area contributed by atoms with Gasteiger partial charge in [-0.2, -0.15) is 0 Å². The topological polar surface area (TPSA) is 54.9 Å². The van der Waals surface area contributed by atoms with Gasteiger partial charge in [-0.25, -0.2) is 4.79 Å². The molecule has 0 spiro atoms. The minimum absolute atomic E-state index is 0.103. The summed E-state index contributed by atoms with van der Waals surface area (Å²) in [6, 6.07) is -0.286. The highest BCUT2D eigenvalue weighted by Crippen LogP contribution is 2.32. The van der Waals surface area contributed by atoms with E-state index in [1.807, 2.05) is 0 Å². The summed E-state index contributed by atoms with van der Waals surface area (Å²) >= 11 is 6.49. The first kappa shape index (κ1) is 11.2. The predicted octanol–water partition coefficient (Wildman–Crippen LogP) is 1.60. The Balaban J connectivity index is 2.23. The average molecular weight is 268 g/mol. The quantitative estimate of drug-likeness (QED) is 0.786. The van der Waals surface area contributed by atoms with E-state index in [2.05, 4.69) is 4.98 Å². The molecule has 2 heterocycles. The highest BCUT2D eigenvalue weighted by molar-refractivity contribution is 8.14. The Morgan fingerprint density at radius 3 is 2.88 bits per heavy atom. The maximum Gasteiger partial charge on any atom is 0.327 e.